The van der Waals surface area contributed by atoms with Crippen molar-refractivity contribution in [2.75, 3.05) is 0 Å². The molecule has 1 aliphatic rings. The molecule has 3 amide bonds. The molecule has 1 aromatic heterocycles. The average Bonchev–Trinajstić information content (AvgIpc) is 2.90. The van der Waals surface area contributed by atoms with Crippen LogP contribution in [0, 0.1) is 0 Å². The van der Waals surface area contributed by atoms with Crippen LogP contribution in [0.25, 0.3) is 0 Å². The van der Waals surface area contributed by atoms with Crippen molar-refractivity contribution >= 4 is 17.9 Å². The van der Waals surface area contributed by atoms with Gasteiger partial charge < -0.3 is 14.8 Å². The zero-order chi connectivity index (χ0) is 13.1. The normalized spacial score (nSPS) is 19.1. The molecule has 1 atom stereocenters. The Labute approximate surface area is 102 Å². The Kier molecular flexibility index (Phi) is 3.31. The standard InChI is InChI=1S/C11H12N2O5/c14-9(15)4-3-8-10(16)13(11(17)12-8)6-7-2-1-5-18-7/h1-2,5,8H,3-4,6H2,(H,12,17)(H,14,15). The van der Waals surface area contributed by atoms with Gasteiger partial charge in [-0.15, -0.1) is 0 Å². The van der Waals surface area contributed by atoms with Crippen molar-refractivity contribution in [2.45, 2.75) is 25.4 Å². The van der Waals surface area contributed by atoms with E-state index in [1.807, 2.05) is 0 Å². The van der Waals surface area contributed by atoms with Crippen molar-refractivity contribution in [3.8, 4) is 0 Å². The second-order valence-corrected chi connectivity index (χ2v) is 3.94. The van der Waals surface area contributed by atoms with Crippen molar-refractivity contribution in [2.24, 2.45) is 0 Å². The van der Waals surface area contributed by atoms with Gasteiger partial charge in [-0.1, -0.05) is 0 Å². The largest absolute Gasteiger partial charge is 0.481 e. The highest BCUT2D eigenvalue weighted by Gasteiger charge is 2.38. The molecule has 7 heteroatoms. The molecule has 0 aromatic carbocycles. The van der Waals surface area contributed by atoms with Crippen molar-refractivity contribution in [3.05, 3.63) is 24.2 Å². The van der Waals surface area contributed by atoms with E-state index in [1.165, 1.54) is 6.26 Å². The Hall–Kier alpha value is -2.31. The molecular weight excluding hydrogens is 240 g/mol. The third-order valence-corrected chi connectivity index (χ3v) is 2.65. The van der Waals surface area contributed by atoms with Crippen LogP contribution in [0.5, 0.6) is 0 Å². The Morgan fingerprint density at radius 3 is 2.89 bits per heavy atom. The summed E-state index contributed by atoms with van der Waals surface area (Å²) in [6.07, 6.45) is 1.38. The van der Waals surface area contributed by atoms with E-state index >= 15 is 0 Å². The summed E-state index contributed by atoms with van der Waals surface area (Å²) < 4.78 is 5.06. The minimum Gasteiger partial charge on any atom is -0.481 e. The topological polar surface area (TPSA) is 99.8 Å². The van der Waals surface area contributed by atoms with Crippen LogP contribution in [-0.4, -0.2) is 34.0 Å². The molecule has 0 saturated carbocycles. The number of nitrogens with one attached hydrogen (secondary N) is 1. The molecule has 1 saturated heterocycles. The first-order valence-electron chi connectivity index (χ1n) is 5.44. The third-order valence-electron chi connectivity index (χ3n) is 2.65. The molecule has 18 heavy (non-hydrogen) atoms. The lowest BCUT2D eigenvalue weighted by atomic mass is 10.1. The first-order valence-corrected chi connectivity index (χ1v) is 5.44. The maximum atomic E-state index is 11.9. The lowest BCUT2D eigenvalue weighted by Crippen LogP contribution is -2.31. The number of nitrogens with zero attached hydrogens (tertiary/aromatic N) is 1. The van der Waals surface area contributed by atoms with Gasteiger partial charge in [0, 0.05) is 6.42 Å². The van der Waals surface area contributed by atoms with Gasteiger partial charge in [0.25, 0.3) is 5.91 Å². The van der Waals surface area contributed by atoms with Gasteiger partial charge >= 0.3 is 12.0 Å². The monoisotopic (exact) mass is 252 g/mol. The number of carboxylic acid groups (broad SMARTS) is 1. The third kappa shape index (κ3) is 2.50. The van der Waals surface area contributed by atoms with Crippen LogP contribution in [0.2, 0.25) is 0 Å². The number of carboxylic acids is 1. The molecule has 0 aliphatic carbocycles. The SMILES string of the molecule is O=C(O)CCC1NC(=O)N(Cc2ccco2)C1=O. The summed E-state index contributed by atoms with van der Waals surface area (Å²) in [5, 5.41) is 11.0. The highest BCUT2D eigenvalue weighted by molar-refractivity contribution is 6.04. The summed E-state index contributed by atoms with van der Waals surface area (Å²) in [7, 11) is 0. The molecule has 2 N–H and O–H groups in total. The summed E-state index contributed by atoms with van der Waals surface area (Å²) in [5.41, 5.74) is 0. The first-order chi connectivity index (χ1) is 8.58. The van der Waals surface area contributed by atoms with Crippen molar-refractivity contribution < 1.29 is 23.9 Å². The fourth-order valence-electron chi connectivity index (χ4n) is 1.75. The van der Waals surface area contributed by atoms with Crippen LogP contribution >= 0.6 is 0 Å². The molecule has 1 aliphatic heterocycles. The number of imide groups is 1. The van der Waals surface area contributed by atoms with Crippen LogP contribution < -0.4 is 5.32 Å². The van der Waals surface area contributed by atoms with E-state index in [4.69, 9.17) is 9.52 Å². The Morgan fingerprint density at radius 1 is 1.50 bits per heavy atom. The molecule has 1 aromatic rings. The van der Waals surface area contributed by atoms with Crippen molar-refractivity contribution in [1.29, 1.82) is 0 Å². The number of furan rings is 1. The minimum atomic E-state index is -0.999. The lowest BCUT2D eigenvalue weighted by Gasteiger charge is -2.10. The summed E-state index contributed by atoms with van der Waals surface area (Å²) in [6.45, 7) is 0.0568. The summed E-state index contributed by atoms with van der Waals surface area (Å²) in [4.78, 5) is 34.9. The highest BCUT2D eigenvalue weighted by atomic mass is 16.4. The smallest absolute Gasteiger partial charge is 0.325 e. The van der Waals surface area contributed by atoms with E-state index in [-0.39, 0.29) is 19.4 Å². The number of aliphatic carboxylic acids is 1. The number of hydrogen-bond donors (Lipinski definition) is 2. The van der Waals surface area contributed by atoms with E-state index in [0.717, 1.165) is 4.90 Å². The fourth-order valence-corrected chi connectivity index (χ4v) is 1.75. The van der Waals surface area contributed by atoms with Gasteiger partial charge in [0.2, 0.25) is 0 Å². The molecule has 0 radical (unpaired) electrons. The second kappa shape index (κ2) is 4.91. The van der Waals surface area contributed by atoms with Gasteiger partial charge in [0.15, 0.2) is 0 Å². The van der Waals surface area contributed by atoms with Crippen molar-refractivity contribution in [3.63, 3.8) is 0 Å². The predicted octanol–water partition coefficient (Wildman–Crippen LogP) is 0.565. The number of amides is 3. The van der Waals surface area contributed by atoms with Gasteiger partial charge in [-0.3, -0.25) is 14.5 Å². The summed E-state index contributed by atoms with van der Waals surface area (Å²) >= 11 is 0. The quantitative estimate of drug-likeness (QED) is 0.746. The van der Waals surface area contributed by atoms with E-state index in [0.29, 0.717) is 5.76 Å². The molecule has 1 unspecified atom stereocenters. The molecule has 0 spiro atoms. The van der Waals surface area contributed by atoms with Crippen molar-refractivity contribution in [1.82, 2.24) is 10.2 Å². The predicted molar refractivity (Wildman–Crippen MR) is 58.4 cm³/mol. The molecular formula is C11H12N2O5. The van der Waals surface area contributed by atoms with Crippen LogP contribution in [-0.2, 0) is 16.1 Å². The Balaban J connectivity index is 1.98. The molecule has 2 heterocycles. The van der Waals surface area contributed by atoms with Gasteiger partial charge in [-0.05, 0) is 18.6 Å². The van der Waals surface area contributed by atoms with E-state index in [1.54, 1.807) is 12.1 Å². The van der Waals surface area contributed by atoms with Crippen LogP contribution in [0.3, 0.4) is 0 Å². The van der Waals surface area contributed by atoms with Crippen LogP contribution in [0.4, 0.5) is 4.79 Å². The number of urea groups is 1. The summed E-state index contributed by atoms with van der Waals surface area (Å²) in [6, 6.07) is 2.04. The number of carbonyl (C=O) groups is 3. The van der Waals surface area contributed by atoms with Gasteiger partial charge in [-0.25, -0.2) is 4.79 Å². The average molecular weight is 252 g/mol. The van der Waals surface area contributed by atoms with Crippen LogP contribution in [0.1, 0.15) is 18.6 Å². The Bertz CT molecular complexity index is 468. The Morgan fingerprint density at radius 2 is 2.28 bits per heavy atom. The highest BCUT2D eigenvalue weighted by Crippen LogP contribution is 2.15. The second-order valence-electron chi connectivity index (χ2n) is 3.94. The van der Waals surface area contributed by atoms with Gasteiger partial charge in [-0.2, -0.15) is 0 Å². The minimum absolute atomic E-state index is 0.0568. The maximum absolute atomic E-state index is 11.9. The number of rotatable bonds is 5. The van der Waals surface area contributed by atoms with Gasteiger partial charge in [0.1, 0.15) is 11.8 Å². The van der Waals surface area contributed by atoms with E-state index in [2.05, 4.69) is 5.32 Å². The molecule has 7 nitrogen and oxygen atoms in total. The molecule has 0 bridgehead atoms. The molecule has 96 valence electrons. The first kappa shape index (κ1) is 12.2. The lowest BCUT2D eigenvalue weighted by molar-refractivity contribution is -0.137. The number of carbonyl (C=O) groups excluding carboxylic acids is 2. The fraction of sp³-hybridized carbons (Fsp3) is 0.364. The molecule has 2 rings (SSSR count). The summed E-state index contributed by atoms with van der Waals surface area (Å²) in [5.74, 6) is -0.920. The van der Waals surface area contributed by atoms with E-state index in [9.17, 15) is 14.4 Å². The zero-order valence-corrected chi connectivity index (χ0v) is 9.46. The van der Waals surface area contributed by atoms with Gasteiger partial charge in [0.05, 0.1) is 12.8 Å². The van der Waals surface area contributed by atoms with E-state index < -0.39 is 23.9 Å². The number of hydrogen-bond acceptors (Lipinski definition) is 4. The van der Waals surface area contributed by atoms with Crippen LogP contribution in [0.15, 0.2) is 22.8 Å². The zero-order valence-electron chi connectivity index (χ0n) is 9.46. The molecule has 1 fully saturated rings. The maximum Gasteiger partial charge on any atom is 0.325 e.